The van der Waals surface area contributed by atoms with Gasteiger partial charge in [0.25, 0.3) is 5.91 Å². The van der Waals surface area contributed by atoms with Gasteiger partial charge in [0.15, 0.2) is 5.75 Å². The van der Waals surface area contributed by atoms with E-state index in [0.717, 1.165) is 24.1 Å². The van der Waals surface area contributed by atoms with Gasteiger partial charge in [-0.15, -0.1) is 0 Å². The third-order valence-electron chi connectivity index (χ3n) is 5.48. The van der Waals surface area contributed by atoms with Crippen molar-refractivity contribution >= 4 is 23.3 Å². The van der Waals surface area contributed by atoms with Gasteiger partial charge in [0.05, 0.1) is 11.3 Å². The van der Waals surface area contributed by atoms with Crippen molar-refractivity contribution in [3.05, 3.63) is 88.2 Å². The highest BCUT2D eigenvalue weighted by atomic mass is 16.5. The predicted molar refractivity (Wildman–Crippen MR) is 128 cm³/mol. The average molecular weight is 443 g/mol. The molecule has 8 nitrogen and oxygen atoms in total. The third-order valence-corrected chi connectivity index (χ3v) is 5.48. The summed E-state index contributed by atoms with van der Waals surface area (Å²) in [6.45, 7) is 2.05. The van der Waals surface area contributed by atoms with Gasteiger partial charge in [-0.2, -0.15) is 0 Å². The Morgan fingerprint density at radius 3 is 2.39 bits per heavy atom. The first-order valence-electron chi connectivity index (χ1n) is 10.7. The zero-order chi connectivity index (χ0) is 23.5. The van der Waals surface area contributed by atoms with Gasteiger partial charge in [0.1, 0.15) is 18.3 Å². The van der Waals surface area contributed by atoms with Gasteiger partial charge in [-0.1, -0.05) is 18.2 Å². The highest BCUT2D eigenvalue weighted by molar-refractivity contribution is 6.06. The summed E-state index contributed by atoms with van der Waals surface area (Å²) in [5.74, 6) is 0.456. The number of aromatic nitrogens is 1. The molecule has 0 spiro atoms. The number of carbonyl (C=O) groups excluding carboxylic acids is 1. The number of aryl methyl sites for hydroxylation is 1. The van der Waals surface area contributed by atoms with Crippen LogP contribution in [0.5, 0.6) is 5.75 Å². The van der Waals surface area contributed by atoms with Crippen molar-refractivity contribution in [2.75, 3.05) is 5.32 Å². The Bertz CT molecular complexity index is 1230. The number of nitrogens with zero attached hydrogens (tertiary/aromatic N) is 1. The Kier molecular flexibility index (Phi) is 6.08. The lowest BCUT2D eigenvalue weighted by Gasteiger charge is -2.16. The summed E-state index contributed by atoms with van der Waals surface area (Å²) in [5, 5.41) is 18.0. The molecule has 0 saturated heterocycles. The van der Waals surface area contributed by atoms with E-state index < -0.39 is 0 Å². The fourth-order valence-corrected chi connectivity index (χ4v) is 3.54. The molecule has 0 atom stereocenters. The molecule has 0 bridgehead atoms. The molecule has 1 aliphatic carbocycles. The van der Waals surface area contributed by atoms with Gasteiger partial charge in [0, 0.05) is 28.4 Å². The second-order valence-electron chi connectivity index (χ2n) is 8.13. The van der Waals surface area contributed by atoms with Crippen LogP contribution >= 0.6 is 0 Å². The van der Waals surface area contributed by atoms with E-state index in [1.54, 1.807) is 36.4 Å². The monoisotopic (exact) mass is 442 g/mol. The molecule has 7 N–H and O–H groups in total. The molecule has 1 aromatic heterocycles. The smallest absolute Gasteiger partial charge is 0.259 e. The number of pyridine rings is 1. The van der Waals surface area contributed by atoms with Gasteiger partial charge in [0.2, 0.25) is 0 Å². The maximum atomic E-state index is 13.2. The van der Waals surface area contributed by atoms with Crippen LogP contribution in [0.4, 0.5) is 5.69 Å². The first-order valence-corrected chi connectivity index (χ1v) is 10.7. The molecular weight excluding hydrogens is 416 g/mol. The van der Waals surface area contributed by atoms with Crippen LogP contribution in [0.3, 0.4) is 0 Å². The second-order valence-corrected chi connectivity index (χ2v) is 8.13. The van der Waals surface area contributed by atoms with Gasteiger partial charge in [-0.25, -0.2) is 0 Å². The quantitative estimate of drug-likeness (QED) is 0.266. The SMILES string of the molecule is Cc1nc(C2CC2)cc(C(=O)Nc2ccc(C(=N)N)cc2)c1OCc1cccc(C(=N)N)c1. The van der Waals surface area contributed by atoms with Crippen molar-refractivity contribution in [1.82, 2.24) is 4.98 Å². The summed E-state index contributed by atoms with van der Waals surface area (Å²) < 4.78 is 6.07. The molecule has 168 valence electrons. The van der Waals surface area contributed by atoms with E-state index in [1.165, 1.54) is 0 Å². The van der Waals surface area contributed by atoms with Crippen LogP contribution in [0.1, 0.15) is 57.2 Å². The summed E-state index contributed by atoms with van der Waals surface area (Å²) >= 11 is 0. The lowest BCUT2D eigenvalue weighted by molar-refractivity contribution is 0.102. The van der Waals surface area contributed by atoms with Crippen molar-refractivity contribution in [1.29, 1.82) is 10.8 Å². The van der Waals surface area contributed by atoms with Crippen LogP contribution in [0, 0.1) is 17.7 Å². The Balaban J connectivity index is 1.60. The van der Waals surface area contributed by atoms with Crippen molar-refractivity contribution < 1.29 is 9.53 Å². The van der Waals surface area contributed by atoms with Crippen LogP contribution < -0.4 is 21.5 Å². The summed E-state index contributed by atoms with van der Waals surface area (Å²) in [7, 11) is 0. The topological polar surface area (TPSA) is 151 Å². The van der Waals surface area contributed by atoms with E-state index in [4.69, 9.17) is 27.0 Å². The fourth-order valence-electron chi connectivity index (χ4n) is 3.54. The molecule has 0 radical (unpaired) electrons. The maximum absolute atomic E-state index is 13.2. The number of amides is 1. The number of nitrogens with two attached hydrogens (primary N) is 2. The molecule has 1 aliphatic rings. The highest BCUT2D eigenvalue weighted by Crippen LogP contribution is 2.41. The molecule has 33 heavy (non-hydrogen) atoms. The predicted octanol–water partition coefficient (Wildman–Crippen LogP) is 3.67. The van der Waals surface area contributed by atoms with Crippen molar-refractivity contribution in [3.8, 4) is 5.75 Å². The highest BCUT2D eigenvalue weighted by Gasteiger charge is 2.28. The van der Waals surface area contributed by atoms with E-state index in [9.17, 15) is 4.79 Å². The fraction of sp³-hybridized carbons (Fsp3) is 0.200. The van der Waals surface area contributed by atoms with Gasteiger partial charge in [-0.3, -0.25) is 20.6 Å². The lowest BCUT2D eigenvalue weighted by atomic mass is 10.1. The van der Waals surface area contributed by atoms with Crippen LogP contribution in [-0.4, -0.2) is 22.6 Å². The van der Waals surface area contributed by atoms with Crippen LogP contribution in [0.25, 0.3) is 0 Å². The Hall–Kier alpha value is -4.20. The molecule has 1 fully saturated rings. The number of nitrogen functional groups attached to an aromatic ring is 2. The minimum Gasteiger partial charge on any atom is -0.486 e. The third kappa shape index (κ3) is 5.17. The van der Waals surface area contributed by atoms with E-state index in [2.05, 4.69) is 10.3 Å². The number of hydrogen-bond donors (Lipinski definition) is 5. The number of nitrogens with one attached hydrogen (secondary N) is 3. The molecule has 2 aromatic carbocycles. The van der Waals surface area contributed by atoms with Gasteiger partial charge in [-0.05, 0) is 61.7 Å². The normalized spacial score (nSPS) is 12.8. The minimum absolute atomic E-state index is 0.0145. The Morgan fingerprint density at radius 2 is 1.76 bits per heavy atom. The summed E-state index contributed by atoms with van der Waals surface area (Å²) in [6, 6.07) is 15.8. The number of ether oxygens (including phenoxy) is 1. The largest absolute Gasteiger partial charge is 0.486 e. The molecule has 1 amide bonds. The molecule has 4 rings (SSSR count). The summed E-state index contributed by atoms with van der Waals surface area (Å²) in [4.78, 5) is 17.9. The number of benzene rings is 2. The van der Waals surface area contributed by atoms with Gasteiger partial charge < -0.3 is 21.5 Å². The van der Waals surface area contributed by atoms with E-state index in [1.807, 2.05) is 25.1 Å². The summed E-state index contributed by atoms with van der Waals surface area (Å²) in [5.41, 5.74) is 15.7. The number of carbonyl (C=O) groups is 1. The molecule has 1 saturated carbocycles. The first kappa shape index (κ1) is 22.0. The van der Waals surface area contributed by atoms with Crippen molar-refractivity contribution in [2.45, 2.75) is 32.3 Å². The number of hydrogen-bond acceptors (Lipinski definition) is 5. The molecule has 0 aliphatic heterocycles. The summed E-state index contributed by atoms with van der Waals surface area (Å²) in [6.07, 6.45) is 2.14. The van der Waals surface area contributed by atoms with E-state index in [-0.39, 0.29) is 24.2 Å². The van der Waals surface area contributed by atoms with Crippen LogP contribution in [-0.2, 0) is 6.61 Å². The lowest BCUT2D eigenvalue weighted by Crippen LogP contribution is -2.16. The first-order chi connectivity index (χ1) is 15.8. The van der Waals surface area contributed by atoms with Gasteiger partial charge >= 0.3 is 0 Å². The zero-order valence-corrected chi connectivity index (χ0v) is 18.3. The molecule has 3 aromatic rings. The molecular formula is C25H26N6O2. The van der Waals surface area contributed by atoms with Crippen LogP contribution in [0.2, 0.25) is 0 Å². The van der Waals surface area contributed by atoms with Crippen LogP contribution in [0.15, 0.2) is 54.6 Å². The Labute approximate surface area is 192 Å². The Morgan fingerprint density at radius 1 is 1.06 bits per heavy atom. The van der Waals surface area contributed by atoms with E-state index in [0.29, 0.717) is 39.7 Å². The molecule has 0 unspecified atom stereocenters. The maximum Gasteiger partial charge on any atom is 0.259 e. The number of anilines is 1. The van der Waals surface area contributed by atoms with Crippen molar-refractivity contribution in [3.63, 3.8) is 0 Å². The number of amidine groups is 2. The second kappa shape index (κ2) is 9.12. The molecule has 1 heterocycles. The standard InChI is InChI=1S/C25H26N6O2/c1-14-22(33-13-15-3-2-4-18(11-15)24(28)29)20(12-21(30-14)16-5-6-16)25(32)31-19-9-7-17(8-10-19)23(26)27/h2-4,7-12,16H,5-6,13H2,1H3,(H3,26,27)(H3,28,29)(H,31,32). The average Bonchev–Trinajstić information content (AvgIpc) is 3.64. The number of rotatable bonds is 8. The molecule has 8 heteroatoms. The minimum atomic E-state index is -0.300. The zero-order valence-electron chi connectivity index (χ0n) is 18.3. The van der Waals surface area contributed by atoms with Crippen molar-refractivity contribution in [2.24, 2.45) is 11.5 Å². The van der Waals surface area contributed by atoms with E-state index >= 15 is 0 Å².